The number of benzene rings is 2. The molecule has 0 spiro atoms. The lowest BCUT2D eigenvalue weighted by molar-refractivity contribution is 0.0937. The number of phenols is 1. The van der Waals surface area contributed by atoms with Gasteiger partial charge in [0, 0.05) is 5.02 Å². The zero-order valence-electron chi connectivity index (χ0n) is 11.4. The van der Waals surface area contributed by atoms with E-state index in [1.54, 1.807) is 24.3 Å². The van der Waals surface area contributed by atoms with Gasteiger partial charge in [-0.3, -0.25) is 4.79 Å². The molecular weight excluding hydrogens is 274 g/mol. The van der Waals surface area contributed by atoms with Crippen LogP contribution in [0.1, 0.15) is 34.5 Å². The van der Waals surface area contributed by atoms with Crippen LogP contribution in [0, 0.1) is 6.92 Å². The summed E-state index contributed by atoms with van der Waals surface area (Å²) in [4.78, 5) is 12.1. The summed E-state index contributed by atoms with van der Waals surface area (Å²) in [6, 6.07) is 12.1. The number of hydrogen-bond donors (Lipinski definition) is 2. The summed E-state index contributed by atoms with van der Waals surface area (Å²) in [6.07, 6.45) is 0. The van der Waals surface area contributed by atoms with Crippen molar-refractivity contribution in [3.63, 3.8) is 0 Å². The minimum atomic E-state index is -0.310. The van der Waals surface area contributed by atoms with E-state index >= 15 is 0 Å². The third kappa shape index (κ3) is 3.31. The maximum atomic E-state index is 12.1. The van der Waals surface area contributed by atoms with Crippen LogP contribution < -0.4 is 5.32 Å². The Morgan fingerprint density at radius 2 is 2.00 bits per heavy atom. The van der Waals surface area contributed by atoms with Crippen molar-refractivity contribution in [1.82, 2.24) is 5.32 Å². The van der Waals surface area contributed by atoms with Crippen LogP contribution in [0.2, 0.25) is 5.02 Å². The van der Waals surface area contributed by atoms with Crippen molar-refractivity contribution in [2.75, 3.05) is 0 Å². The zero-order valence-corrected chi connectivity index (χ0v) is 12.1. The molecule has 1 amide bonds. The maximum Gasteiger partial charge on any atom is 0.255 e. The van der Waals surface area contributed by atoms with Crippen molar-refractivity contribution in [2.45, 2.75) is 19.9 Å². The van der Waals surface area contributed by atoms with Crippen LogP contribution in [0.4, 0.5) is 0 Å². The molecule has 104 valence electrons. The van der Waals surface area contributed by atoms with E-state index in [2.05, 4.69) is 5.32 Å². The maximum absolute atomic E-state index is 12.1. The second kappa shape index (κ2) is 5.97. The highest BCUT2D eigenvalue weighted by molar-refractivity contribution is 6.30. The van der Waals surface area contributed by atoms with E-state index in [9.17, 15) is 9.90 Å². The summed E-state index contributed by atoms with van der Waals surface area (Å²) in [5.41, 5.74) is 2.09. The average molecular weight is 290 g/mol. The van der Waals surface area contributed by atoms with Crippen LogP contribution >= 0.6 is 11.6 Å². The van der Waals surface area contributed by atoms with Gasteiger partial charge in [0.1, 0.15) is 5.75 Å². The fourth-order valence-electron chi connectivity index (χ4n) is 1.97. The summed E-state index contributed by atoms with van der Waals surface area (Å²) in [6.45, 7) is 3.73. The molecule has 2 aromatic rings. The van der Waals surface area contributed by atoms with Crippen molar-refractivity contribution in [2.24, 2.45) is 0 Å². The molecule has 20 heavy (non-hydrogen) atoms. The van der Waals surface area contributed by atoms with E-state index in [0.717, 1.165) is 11.1 Å². The van der Waals surface area contributed by atoms with Gasteiger partial charge in [0.2, 0.25) is 0 Å². The van der Waals surface area contributed by atoms with Crippen LogP contribution in [0.5, 0.6) is 5.75 Å². The molecular formula is C16H16ClNO2. The Hall–Kier alpha value is -2.00. The summed E-state index contributed by atoms with van der Waals surface area (Å²) in [7, 11) is 0. The van der Waals surface area contributed by atoms with E-state index in [4.69, 9.17) is 11.6 Å². The first kappa shape index (κ1) is 14.4. The highest BCUT2D eigenvalue weighted by Crippen LogP contribution is 2.21. The van der Waals surface area contributed by atoms with E-state index in [1.165, 1.54) is 0 Å². The summed E-state index contributed by atoms with van der Waals surface area (Å²) < 4.78 is 0. The fraction of sp³-hybridized carbons (Fsp3) is 0.188. The third-order valence-corrected chi connectivity index (χ3v) is 3.33. The topological polar surface area (TPSA) is 49.3 Å². The SMILES string of the molecule is Cc1ccc(C(=O)NC(C)c2cccc(Cl)c2)c(O)c1. The highest BCUT2D eigenvalue weighted by atomic mass is 35.5. The van der Waals surface area contributed by atoms with Gasteiger partial charge in [-0.1, -0.05) is 29.8 Å². The average Bonchev–Trinajstić information content (AvgIpc) is 2.38. The van der Waals surface area contributed by atoms with Gasteiger partial charge in [-0.05, 0) is 49.2 Å². The minimum Gasteiger partial charge on any atom is -0.507 e. The summed E-state index contributed by atoms with van der Waals surface area (Å²) in [5, 5.41) is 13.3. The van der Waals surface area contributed by atoms with E-state index in [0.29, 0.717) is 5.02 Å². The predicted octanol–water partition coefficient (Wildman–Crippen LogP) is 3.85. The van der Waals surface area contributed by atoms with Crippen LogP contribution in [-0.2, 0) is 0 Å². The van der Waals surface area contributed by atoms with E-state index in [-0.39, 0.29) is 23.3 Å². The monoisotopic (exact) mass is 289 g/mol. The molecule has 0 aliphatic rings. The molecule has 0 aromatic heterocycles. The first-order valence-corrected chi connectivity index (χ1v) is 6.71. The molecule has 3 nitrogen and oxygen atoms in total. The highest BCUT2D eigenvalue weighted by Gasteiger charge is 2.14. The predicted molar refractivity (Wildman–Crippen MR) is 80.2 cm³/mol. The Labute approximate surface area is 123 Å². The number of nitrogens with one attached hydrogen (secondary N) is 1. The quantitative estimate of drug-likeness (QED) is 0.902. The number of amides is 1. The molecule has 1 atom stereocenters. The van der Waals surface area contributed by atoms with Crippen LogP contribution in [0.25, 0.3) is 0 Å². The van der Waals surface area contributed by atoms with Crippen molar-refractivity contribution in [1.29, 1.82) is 0 Å². The Balaban J connectivity index is 2.15. The van der Waals surface area contributed by atoms with Gasteiger partial charge in [-0.2, -0.15) is 0 Å². The normalized spacial score (nSPS) is 11.9. The standard InChI is InChI=1S/C16H16ClNO2/c1-10-6-7-14(15(19)8-10)16(20)18-11(2)12-4-3-5-13(17)9-12/h3-9,11,19H,1-2H3,(H,18,20). The lowest BCUT2D eigenvalue weighted by Crippen LogP contribution is -2.26. The third-order valence-electron chi connectivity index (χ3n) is 3.09. The number of hydrogen-bond acceptors (Lipinski definition) is 2. The van der Waals surface area contributed by atoms with Crippen LogP contribution in [0.15, 0.2) is 42.5 Å². The lowest BCUT2D eigenvalue weighted by Gasteiger charge is -2.15. The number of carbonyl (C=O) groups is 1. The smallest absolute Gasteiger partial charge is 0.255 e. The molecule has 0 radical (unpaired) electrons. The van der Waals surface area contributed by atoms with Gasteiger partial charge in [-0.25, -0.2) is 0 Å². The van der Waals surface area contributed by atoms with Crippen LogP contribution in [0.3, 0.4) is 0 Å². The molecule has 0 saturated heterocycles. The Bertz CT molecular complexity index is 640. The van der Waals surface area contributed by atoms with Gasteiger partial charge in [0.25, 0.3) is 5.91 Å². The fourth-order valence-corrected chi connectivity index (χ4v) is 2.17. The molecule has 0 heterocycles. The molecule has 4 heteroatoms. The van der Waals surface area contributed by atoms with Gasteiger partial charge >= 0.3 is 0 Å². The van der Waals surface area contributed by atoms with Crippen molar-refractivity contribution in [3.05, 3.63) is 64.2 Å². The Kier molecular flexibility index (Phi) is 4.30. The Morgan fingerprint density at radius 1 is 1.25 bits per heavy atom. The minimum absolute atomic E-state index is 0.0132. The van der Waals surface area contributed by atoms with E-state index in [1.807, 2.05) is 32.0 Å². The molecule has 0 fully saturated rings. The molecule has 1 unspecified atom stereocenters. The first-order chi connectivity index (χ1) is 9.47. The molecule has 0 aliphatic carbocycles. The van der Waals surface area contributed by atoms with E-state index < -0.39 is 0 Å². The molecule has 2 N–H and O–H groups in total. The number of aryl methyl sites for hydroxylation is 1. The van der Waals surface area contributed by atoms with Gasteiger partial charge < -0.3 is 10.4 Å². The number of rotatable bonds is 3. The largest absolute Gasteiger partial charge is 0.507 e. The summed E-state index contributed by atoms with van der Waals surface area (Å²) >= 11 is 5.93. The molecule has 2 aromatic carbocycles. The van der Waals surface area contributed by atoms with Gasteiger partial charge in [0.05, 0.1) is 11.6 Å². The van der Waals surface area contributed by atoms with Crippen molar-refractivity contribution < 1.29 is 9.90 Å². The first-order valence-electron chi connectivity index (χ1n) is 6.33. The van der Waals surface area contributed by atoms with Gasteiger partial charge in [0.15, 0.2) is 0 Å². The van der Waals surface area contributed by atoms with Gasteiger partial charge in [-0.15, -0.1) is 0 Å². The molecule has 0 aliphatic heterocycles. The molecule has 2 rings (SSSR count). The number of halogens is 1. The molecule has 0 bridgehead atoms. The van der Waals surface area contributed by atoms with Crippen molar-refractivity contribution >= 4 is 17.5 Å². The lowest BCUT2D eigenvalue weighted by atomic mass is 10.1. The molecule has 0 saturated carbocycles. The number of carbonyl (C=O) groups excluding carboxylic acids is 1. The second-order valence-corrected chi connectivity index (χ2v) is 5.21. The Morgan fingerprint density at radius 3 is 2.65 bits per heavy atom. The van der Waals surface area contributed by atoms with Crippen molar-refractivity contribution in [3.8, 4) is 5.75 Å². The summed E-state index contributed by atoms with van der Waals surface area (Å²) in [5.74, 6) is -0.323. The number of aromatic hydroxyl groups is 1. The number of phenolic OH excluding ortho intramolecular Hbond substituents is 1. The van der Waals surface area contributed by atoms with Crippen LogP contribution in [-0.4, -0.2) is 11.0 Å². The zero-order chi connectivity index (χ0) is 14.7. The second-order valence-electron chi connectivity index (χ2n) is 4.77.